The number of hydrogen-bond donors (Lipinski definition) is 0. The molecule has 2 aromatic carbocycles. The van der Waals surface area contributed by atoms with Crippen molar-refractivity contribution in [3.63, 3.8) is 0 Å². The molecule has 5 nitrogen and oxygen atoms in total. The highest BCUT2D eigenvalue weighted by atomic mass is 35.5. The van der Waals surface area contributed by atoms with E-state index in [2.05, 4.69) is 9.97 Å². The predicted octanol–water partition coefficient (Wildman–Crippen LogP) is 5.10. The van der Waals surface area contributed by atoms with Gasteiger partial charge >= 0.3 is 0 Å². The van der Waals surface area contributed by atoms with Gasteiger partial charge in [0.2, 0.25) is 0 Å². The SMILES string of the molecule is O=C(COc1ccc(Cl)cc1)N(Cc1cccnc1)c1nc2ccc(F)cc2s1. The van der Waals surface area contributed by atoms with Gasteiger partial charge in [-0.3, -0.25) is 14.7 Å². The van der Waals surface area contributed by atoms with Gasteiger partial charge < -0.3 is 4.74 Å². The molecule has 146 valence electrons. The van der Waals surface area contributed by atoms with Gasteiger partial charge in [-0.1, -0.05) is 29.0 Å². The van der Waals surface area contributed by atoms with E-state index in [1.165, 1.54) is 28.4 Å². The van der Waals surface area contributed by atoms with Crippen molar-refractivity contribution >= 4 is 44.2 Å². The number of pyridine rings is 1. The molecule has 0 spiro atoms. The van der Waals surface area contributed by atoms with Crippen LogP contribution in [0.25, 0.3) is 10.2 Å². The summed E-state index contributed by atoms with van der Waals surface area (Å²) in [6, 6.07) is 14.8. The van der Waals surface area contributed by atoms with Crippen molar-refractivity contribution in [2.24, 2.45) is 0 Å². The van der Waals surface area contributed by atoms with Crippen molar-refractivity contribution in [3.8, 4) is 5.75 Å². The summed E-state index contributed by atoms with van der Waals surface area (Å²) in [5.74, 6) is -0.0808. The molecule has 0 saturated carbocycles. The Labute approximate surface area is 175 Å². The van der Waals surface area contributed by atoms with Crippen LogP contribution in [0.1, 0.15) is 5.56 Å². The number of nitrogens with zero attached hydrogens (tertiary/aromatic N) is 3. The number of anilines is 1. The van der Waals surface area contributed by atoms with E-state index < -0.39 is 0 Å². The maximum Gasteiger partial charge on any atom is 0.267 e. The molecule has 4 aromatic rings. The number of carbonyl (C=O) groups excluding carboxylic acids is 1. The fraction of sp³-hybridized carbons (Fsp3) is 0.0952. The Morgan fingerprint density at radius 1 is 1.17 bits per heavy atom. The molecule has 2 aromatic heterocycles. The summed E-state index contributed by atoms with van der Waals surface area (Å²) in [7, 11) is 0. The van der Waals surface area contributed by atoms with E-state index in [1.807, 2.05) is 6.07 Å². The van der Waals surface area contributed by atoms with Crippen molar-refractivity contribution < 1.29 is 13.9 Å². The van der Waals surface area contributed by atoms with Crippen molar-refractivity contribution in [2.75, 3.05) is 11.5 Å². The third-order valence-electron chi connectivity index (χ3n) is 4.11. The van der Waals surface area contributed by atoms with Crippen LogP contribution in [-0.2, 0) is 11.3 Å². The van der Waals surface area contributed by atoms with Crippen LogP contribution in [0.4, 0.5) is 9.52 Å². The van der Waals surface area contributed by atoms with Crippen LogP contribution in [-0.4, -0.2) is 22.5 Å². The molecular weight excluding hydrogens is 413 g/mol. The van der Waals surface area contributed by atoms with Gasteiger partial charge in [-0.15, -0.1) is 0 Å². The molecule has 0 aliphatic carbocycles. The number of ether oxygens (including phenoxy) is 1. The van der Waals surface area contributed by atoms with Crippen molar-refractivity contribution in [3.05, 3.63) is 83.4 Å². The summed E-state index contributed by atoms with van der Waals surface area (Å²) >= 11 is 7.13. The quantitative estimate of drug-likeness (QED) is 0.429. The Hall–Kier alpha value is -3.03. The molecule has 4 rings (SSSR count). The average molecular weight is 428 g/mol. The fourth-order valence-corrected chi connectivity index (χ4v) is 3.83. The number of carbonyl (C=O) groups is 1. The van der Waals surface area contributed by atoms with Gasteiger partial charge in [0.25, 0.3) is 5.91 Å². The van der Waals surface area contributed by atoms with E-state index in [0.717, 1.165) is 5.56 Å². The lowest BCUT2D eigenvalue weighted by atomic mass is 10.2. The van der Waals surface area contributed by atoms with Gasteiger partial charge in [-0.25, -0.2) is 9.37 Å². The Kier molecular flexibility index (Phi) is 5.69. The minimum atomic E-state index is -0.344. The number of fused-ring (bicyclic) bond motifs is 1. The molecular formula is C21H15ClFN3O2S. The number of rotatable bonds is 6. The minimum absolute atomic E-state index is 0.174. The summed E-state index contributed by atoms with van der Waals surface area (Å²) in [6.07, 6.45) is 3.35. The first-order valence-electron chi connectivity index (χ1n) is 8.72. The molecule has 0 saturated heterocycles. The van der Waals surface area contributed by atoms with Gasteiger partial charge in [0.15, 0.2) is 11.7 Å². The van der Waals surface area contributed by atoms with Crippen LogP contribution in [0.3, 0.4) is 0 Å². The maximum atomic E-state index is 13.5. The van der Waals surface area contributed by atoms with Crippen LogP contribution in [0, 0.1) is 5.82 Å². The second-order valence-electron chi connectivity index (χ2n) is 6.19. The number of amides is 1. The number of aromatic nitrogens is 2. The van der Waals surface area contributed by atoms with Gasteiger partial charge in [-0.05, 0) is 54.1 Å². The van der Waals surface area contributed by atoms with E-state index >= 15 is 0 Å². The number of halogens is 2. The predicted molar refractivity (Wildman–Crippen MR) is 112 cm³/mol. The molecule has 0 bridgehead atoms. The van der Waals surface area contributed by atoms with Crippen molar-refractivity contribution in [1.82, 2.24) is 9.97 Å². The normalized spacial score (nSPS) is 10.8. The van der Waals surface area contributed by atoms with E-state index in [-0.39, 0.29) is 24.9 Å². The van der Waals surface area contributed by atoms with Crippen molar-refractivity contribution in [2.45, 2.75) is 6.54 Å². The Bertz CT molecular complexity index is 1140. The standard InChI is InChI=1S/C21H15ClFN3O2S/c22-15-3-6-17(7-4-15)28-13-20(27)26(12-14-2-1-9-24-11-14)21-25-18-8-5-16(23)10-19(18)29-21/h1-11H,12-13H2. The van der Waals surface area contributed by atoms with Gasteiger partial charge in [-0.2, -0.15) is 0 Å². The highest BCUT2D eigenvalue weighted by Crippen LogP contribution is 2.30. The largest absolute Gasteiger partial charge is 0.484 e. The van der Waals surface area contributed by atoms with E-state index in [1.54, 1.807) is 48.8 Å². The molecule has 0 radical (unpaired) electrons. The maximum absolute atomic E-state index is 13.5. The van der Waals surface area contributed by atoms with Gasteiger partial charge in [0.1, 0.15) is 11.6 Å². The zero-order valence-corrected chi connectivity index (χ0v) is 16.7. The summed E-state index contributed by atoms with van der Waals surface area (Å²) in [4.78, 5) is 23.1. The second-order valence-corrected chi connectivity index (χ2v) is 7.64. The zero-order chi connectivity index (χ0) is 20.2. The third-order valence-corrected chi connectivity index (χ3v) is 5.40. The average Bonchev–Trinajstić information content (AvgIpc) is 3.15. The molecule has 1 amide bonds. The first kappa shape index (κ1) is 19.3. The monoisotopic (exact) mass is 427 g/mol. The lowest BCUT2D eigenvalue weighted by Gasteiger charge is -2.20. The molecule has 0 N–H and O–H groups in total. The highest BCUT2D eigenvalue weighted by molar-refractivity contribution is 7.22. The molecule has 2 heterocycles. The third kappa shape index (κ3) is 4.70. The van der Waals surface area contributed by atoms with E-state index in [0.29, 0.717) is 26.1 Å². The van der Waals surface area contributed by atoms with Crippen LogP contribution < -0.4 is 9.64 Å². The topological polar surface area (TPSA) is 55.3 Å². The summed E-state index contributed by atoms with van der Waals surface area (Å²) in [6.45, 7) is 0.102. The van der Waals surface area contributed by atoms with E-state index in [4.69, 9.17) is 16.3 Å². The second kappa shape index (κ2) is 8.55. The minimum Gasteiger partial charge on any atom is -0.484 e. The zero-order valence-electron chi connectivity index (χ0n) is 15.1. The molecule has 0 aliphatic rings. The summed E-state index contributed by atoms with van der Waals surface area (Å²) in [5, 5.41) is 1.06. The van der Waals surface area contributed by atoms with Crippen LogP contribution in [0.15, 0.2) is 67.0 Å². The Morgan fingerprint density at radius 3 is 2.76 bits per heavy atom. The van der Waals surface area contributed by atoms with Crippen LogP contribution in [0.2, 0.25) is 5.02 Å². The highest BCUT2D eigenvalue weighted by Gasteiger charge is 2.21. The molecule has 8 heteroatoms. The summed E-state index contributed by atoms with van der Waals surface area (Å²) in [5.41, 5.74) is 1.48. The fourth-order valence-electron chi connectivity index (χ4n) is 2.69. The number of thiazole rings is 1. The first-order chi connectivity index (χ1) is 14.1. The smallest absolute Gasteiger partial charge is 0.267 e. The van der Waals surface area contributed by atoms with E-state index in [9.17, 15) is 9.18 Å². The van der Waals surface area contributed by atoms with Crippen LogP contribution in [0.5, 0.6) is 5.75 Å². The van der Waals surface area contributed by atoms with Gasteiger partial charge in [0.05, 0.1) is 16.8 Å². The molecule has 0 unspecified atom stereocenters. The lowest BCUT2D eigenvalue weighted by molar-refractivity contribution is -0.120. The van der Waals surface area contributed by atoms with Gasteiger partial charge in [0, 0.05) is 17.4 Å². The molecule has 0 fully saturated rings. The van der Waals surface area contributed by atoms with Crippen LogP contribution >= 0.6 is 22.9 Å². The Morgan fingerprint density at radius 2 is 2.00 bits per heavy atom. The first-order valence-corrected chi connectivity index (χ1v) is 9.92. The molecule has 0 atom stereocenters. The number of benzene rings is 2. The molecule has 0 aliphatic heterocycles. The summed E-state index contributed by atoms with van der Waals surface area (Å²) < 4.78 is 19.8. The van der Waals surface area contributed by atoms with Crippen molar-refractivity contribution in [1.29, 1.82) is 0 Å². The molecule has 29 heavy (non-hydrogen) atoms. The lowest BCUT2D eigenvalue weighted by Crippen LogP contribution is -2.34. The number of hydrogen-bond acceptors (Lipinski definition) is 5. The Balaban J connectivity index is 1.59.